The van der Waals surface area contributed by atoms with Gasteiger partial charge in [-0.2, -0.15) is 0 Å². The second kappa shape index (κ2) is 2.78. The van der Waals surface area contributed by atoms with E-state index < -0.39 is 11.2 Å². The molecule has 0 amide bonds. The predicted molar refractivity (Wildman–Crippen MR) is 46.6 cm³/mol. The lowest BCUT2D eigenvalue weighted by molar-refractivity contribution is 0.610. The van der Waals surface area contributed by atoms with E-state index in [4.69, 9.17) is 0 Å². The van der Waals surface area contributed by atoms with Gasteiger partial charge in [0.15, 0.2) is 0 Å². The minimum Gasteiger partial charge on any atom is -0.273 e. The van der Waals surface area contributed by atoms with Crippen LogP contribution in [0.2, 0.25) is 0 Å². The van der Waals surface area contributed by atoms with Gasteiger partial charge in [-0.1, -0.05) is 0 Å². The van der Waals surface area contributed by atoms with Crippen molar-refractivity contribution in [2.45, 2.75) is 0 Å². The summed E-state index contributed by atoms with van der Waals surface area (Å²) in [4.78, 5) is 24.1. The summed E-state index contributed by atoms with van der Waals surface area (Å²) in [6.45, 7) is 0. The fraction of sp³-hybridized carbons (Fsp3) is 0. The Hall–Kier alpha value is -2.04. The van der Waals surface area contributed by atoms with Crippen molar-refractivity contribution in [3.05, 3.63) is 57.6 Å². The summed E-state index contributed by atoms with van der Waals surface area (Å²) in [6, 6.07) is 4.87. The van der Waals surface area contributed by atoms with Gasteiger partial charge in [-0.3, -0.25) is 14.5 Å². The first-order valence-corrected chi connectivity index (χ1v) is 3.73. The van der Waals surface area contributed by atoms with E-state index >= 15 is 0 Å². The van der Waals surface area contributed by atoms with E-state index in [1.54, 1.807) is 29.2 Å². The third kappa shape index (κ3) is 1.31. The Morgan fingerprint density at radius 2 is 1.77 bits per heavy atom. The van der Waals surface area contributed by atoms with Crippen molar-refractivity contribution in [1.82, 2.24) is 14.3 Å². The quantitative estimate of drug-likeness (QED) is 0.647. The number of nitrogens with zero attached hydrogens (tertiary/aromatic N) is 2. The fourth-order valence-electron chi connectivity index (χ4n) is 1.06. The van der Waals surface area contributed by atoms with E-state index in [0.29, 0.717) is 0 Å². The van der Waals surface area contributed by atoms with Gasteiger partial charge >= 0.3 is 5.69 Å². The lowest BCUT2D eigenvalue weighted by atomic mass is 10.7. The van der Waals surface area contributed by atoms with Gasteiger partial charge in [-0.25, -0.2) is 9.47 Å². The van der Waals surface area contributed by atoms with Crippen LogP contribution in [0.15, 0.2) is 46.4 Å². The van der Waals surface area contributed by atoms with E-state index in [2.05, 4.69) is 4.98 Å². The molecule has 13 heavy (non-hydrogen) atoms. The molecule has 5 nitrogen and oxygen atoms in total. The van der Waals surface area contributed by atoms with E-state index in [1.165, 1.54) is 16.9 Å². The maximum Gasteiger partial charge on any atom is 0.347 e. The number of hydrogen-bond donors (Lipinski definition) is 1. The summed E-state index contributed by atoms with van der Waals surface area (Å²) in [5, 5.41) is 0. The first-order chi connectivity index (χ1) is 6.27. The molecule has 1 N–H and O–H groups in total. The molecule has 2 aromatic heterocycles. The lowest BCUT2D eigenvalue weighted by Gasteiger charge is -2.03. The van der Waals surface area contributed by atoms with Crippen molar-refractivity contribution in [3.63, 3.8) is 0 Å². The van der Waals surface area contributed by atoms with Gasteiger partial charge < -0.3 is 0 Å². The Morgan fingerprint density at radius 3 is 2.38 bits per heavy atom. The van der Waals surface area contributed by atoms with Crippen molar-refractivity contribution >= 4 is 0 Å². The predicted octanol–water partition coefficient (Wildman–Crippen LogP) is -0.350. The third-order valence-electron chi connectivity index (χ3n) is 1.64. The first kappa shape index (κ1) is 7.60. The maximum atomic E-state index is 11.2. The van der Waals surface area contributed by atoms with Crippen molar-refractivity contribution in [1.29, 1.82) is 0 Å². The SMILES string of the molecule is O=c1ccn(-n2cccc2)c(=O)[nH]1. The number of aromatic nitrogens is 3. The van der Waals surface area contributed by atoms with Crippen molar-refractivity contribution in [2.75, 3.05) is 0 Å². The summed E-state index contributed by atoms with van der Waals surface area (Å²) in [5.74, 6) is 0. The van der Waals surface area contributed by atoms with Gasteiger partial charge in [0.2, 0.25) is 0 Å². The van der Waals surface area contributed by atoms with E-state index in [1.807, 2.05) is 0 Å². The molecule has 0 spiro atoms. The van der Waals surface area contributed by atoms with Crippen LogP contribution in [-0.2, 0) is 0 Å². The van der Waals surface area contributed by atoms with Crippen LogP contribution in [0.1, 0.15) is 0 Å². The van der Waals surface area contributed by atoms with Gasteiger partial charge in [-0.15, -0.1) is 0 Å². The molecule has 2 rings (SSSR count). The number of rotatable bonds is 1. The molecule has 66 valence electrons. The zero-order valence-corrected chi connectivity index (χ0v) is 6.68. The highest BCUT2D eigenvalue weighted by molar-refractivity contribution is 4.93. The van der Waals surface area contributed by atoms with E-state index in [-0.39, 0.29) is 0 Å². The highest BCUT2D eigenvalue weighted by atomic mass is 16.2. The molecule has 0 bridgehead atoms. The minimum absolute atomic E-state index is 0.395. The molecule has 2 aromatic rings. The minimum atomic E-state index is -0.455. The van der Waals surface area contributed by atoms with Crippen LogP contribution in [0.4, 0.5) is 0 Å². The molecule has 0 fully saturated rings. The van der Waals surface area contributed by atoms with Gasteiger partial charge in [0.1, 0.15) is 0 Å². The molecule has 0 aliphatic carbocycles. The number of aromatic amines is 1. The summed E-state index contributed by atoms with van der Waals surface area (Å²) >= 11 is 0. The van der Waals surface area contributed by atoms with Crippen molar-refractivity contribution < 1.29 is 0 Å². The molecule has 0 unspecified atom stereocenters. The second-order valence-electron chi connectivity index (χ2n) is 2.52. The molecular formula is C8H7N3O2. The Bertz CT molecular complexity index is 507. The zero-order valence-electron chi connectivity index (χ0n) is 6.68. The number of hydrogen-bond acceptors (Lipinski definition) is 2. The van der Waals surface area contributed by atoms with Crippen LogP contribution in [0.25, 0.3) is 0 Å². The highest BCUT2D eigenvalue weighted by Crippen LogP contribution is 1.87. The molecular weight excluding hydrogens is 170 g/mol. The smallest absolute Gasteiger partial charge is 0.273 e. The van der Waals surface area contributed by atoms with Crippen molar-refractivity contribution in [3.8, 4) is 0 Å². The Morgan fingerprint density at radius 1 is 1.08 bits per heavy atom. The summed E-state index contributed by atoms with van der Waals surface area (Å²) < 4.78 is 2.86. The van der Waals surface area contributed by atoms with E-state index in [0.717, 1.165) is 0 Å². The van der Waals surface area contributed by atoms with Gasteiger partial charge in [-0.05, 0) is 12.1 Å². The molecule has 0 aliphatic rings. The average Bonchev–Trinajstić information content (AvgIpc) is 2.56. The standard InChI is InChI=1S/C8H7N3O2/c12-7-3-6-11(8(13)9-7)10-4-1-2-5-10/h1-6H,(H,9,12,13). The number of nitrogens with one attached hydrogen (secondary N) is 1. The Kier molecular flexibility index (Phi) is 1.63. The topological polar surface area (TPSA) is 59.8 Å². The van der Waals surface area contributed by atoms with Crippen LogP contribution in [0, 0.1) is 0 Å². The molecule has 0 aliphatic heterocycles. The summed E-state index contributed by atoms with van der Waals surface area (Å²) in [5.41, 5.74) is -0.850. The monoisotopic (exact) mass is 177 g/mol. The van der Waals surface area contributed by atoms with E-state index in [9.17, 15) is 9.59 Å². The van der Waals surface area contributed by atoms with Gasteiger partial charge in [0.05, 0.1) is 0 Å². The zero-order chi connectivity index (χ0) is 9.26. The molecule has 0 saturated carbocycles. The van der Waals surface area contributed by atoms with Crippen LogP contribution >= 0.6 is 0 Å². The normalized spacial score (nSPS) is 10.2. The maximum absolute atomic E-state index is 11.2. The van der Waals surface area contributed by atoms with Crippen LogP contribution in [-0.4, -0.2) is 14.3 Å². The summed E-state index contributed by atoms with van der Waals surface area (Å²) in [7, 11) is 0. The fourth-order valence-corrected chi connectivity index (χ4v) is 1.06. The average molecular weight is 177 g/mol. The molecule has 0 atom stereocenters. The second-order valence-corrected chi connectivity index (χ2v) is 2.52. The lowest BCUT2D eigenvalue weighted by Crippen LogP contribution is -2.31. The number of H-pyrrole nitrogens is 1. The molecule has 0 radical (unpaired) electrons. The van der Waals surface area contributed by atoms with Crippen LogP contribution in [0.3, 0.4) is 0 Å². The molecule has 2 heterocycles. The summed E-state index contributed by atoms with van der Waals surface area (Å²) in [6.07, 6.45) is 4.83. The Labute approximate surface area is 72.9 Å². The Balaban J connectivity index is 2.67. The van der Waals surface area contributed by atoms with Crippen LogP contribution < -0.4 is 11.2 Å². The first-order valence-electron chi connectivity index (χ1n) is 3.73. The van der Waals surface area contributed by atoms with Crippen molar-refractivity contribution in [2.24, 2.45) is 0 Å². The molecule has 0 aromatic carbocycles. The molecule has 5 heteroatoms. The third-order valence-corrected chi connectivity index (χ3v) is 1.64. The largest absolute Gasteiger partial charge is 0.347 e. The highest BCUT2D eigenvalue weighted by Gasteiger charge is 1.95. The van der Waals surface area contributed by atoms with Gasteiger partial charge in [0.25, 0.3) is 5.56 Å². The van der Waals surface area contributed by atoms with Crippen LogP contribution in [0.5, 0.6) is 0 Å². The molecule has 0 saturated heterocycles. The van der Waals surface area contributed by atoms with Gasteiger partial charge in [0, 0.05) is 24.7 Å².